The Hall–Kier alpha value is -0.910. The maximum atomic E-state index is 12.5. The summed E-state index contributed by atoms with van der Waals surface area (Å²) >= 11 is 0. The zero-order valence-electron chi connectivity index (χ0n) is 10.6. The SMILES string of the molecule is O=S(=O)(N[C@]12C[C@H]1COC21CCC1)c1ccccc1. The Labute approximate surface area is 113 Å². The van der Waals surface area contributed by atoms with Crippen molar-refractivity contribution in [2.45, 2.75) is 41.7 Å². The maximum absolute atomic E-state index is 12.5. The summed E-state index contributed by atoms with van der Waals surface area (Å²) in [7, 11) is -3.44. The molecule has 0 unspecified atom stereocenters. The molecule has 1 aromatic rings. The summed E-state index contributed by atoms with van der Waals surface area (Å²) in [5, 5.41) is 0. The van der Waals surface area contributed by atoms with E-state index in [2.05, 4.69) is 4.72 Å². The van der Waals surface area contributed by atoms with E-state index in [0.29, 0.717) is 17.4 Å². The van der Waals surface area contributed by atoms with Gasteiger partial charge in [-0.1, -0.05) is 18.2 Å². The van der Waals surface area contributed by atoms with Gasteiger partial charge in [0.2, 0.25) is 10.0 Å². The van der Waals surface area contributed by atoms with Crippen LogP contribution in [-0.4, -0.2) is 26.2 Å². The minimum Gasteiger partial charge on any atom is -0.373 e. The molecule has 4 nitrogen and oxygen atoms in total. The molecule has 1 spiro atoms. The van der Waals surface area contributed by atoms with Gasteiger partial charge in [-0.2, -0.15) is 0 Å². The monoisotopic (exact) mass is 279 g/mol. The molecular formula is C14H17NO3S. The van der Waals surface area contributed by atoms with Crippen molar-refractivity contribution >= 4 is 10.0 Å². The standard InChI is InChI=1S/C14H17NO3S/c16-19(17,12-5-2-1-3-6-12)15-14-9-11(14)10-18-13(14)7-4-8-13/h1-3,5-6,11,15H,4,7-10H2/t11-,14+/m0/s1. The number of nitrogens with one attached hydrogen (secondary N) is 1. The quantitative estimate of drug-likeness (QED) is 0.916. The Balaban J connectivity index is 1.66. The number of hydrogen-bond acceptors (Lipinski definition) is 3. The number of benzene rings is 1. The topological polar surface area (TPSA) is 55.4 Å². The summed E-state index contributed by atoms with van der Waals surface area (Å²) in [6, 6.07) is 8.60. The fourth-order valence-electron chi connectivity index (χ4n) is 3.68. The van der Waals surface area contributed by atoms with E-state index in [1.807, 2.05) is 6.07 Å². The Morgan fingerprint density at radius 2 is 1.95 bits per heavy atom. The largest absolute Gasteiger partial charge is 0.373 e. The highest BCUT2D eigenvalue weighted by molar-refractivity contribution is 7.89. The van der Waals surface area contributed by atoms with Crippen LogP contribution in [0.3, 0.4) is 0 Å². The molecule has 19 heavy (non-hydrogen) atoms. The van der Waals surface area contributed by atoms with Crippen molar-refractivity contribution in [2.24, 2.45) is 5.92 Å². The number of fused-ring (bicyclic) bond motifs is 2. The van der Waals surface area contributed by atoms with Crippen molar-refractivity contribution in [2.75, 3.05) is 6.61 Å². The first-order chi connectivity index (χ1) is 9.08. The molecule has 0 amide bonds. The molecule has 102 valence electrons. The zero-order chi connectivity index (χ0) is 13.1. The highest BCUT2D eigenvalue weighted by Gasteiger charge is 2.74. The number of ether oxygens (including phenoxy) is 1. The van der Waals surface area contributed by atoms with E-state index in [-0.39, 0.29) is 11.1 Å². The second-order valence-electron chi connectivity index (χ2n) is 5.95. The van der Waals surface area contributed by atoms with Crippen LogP contribution in [0.15, 0.2) is 35.2 Å². The zero-order valence-corrected chi connectivity index (χ0v) is 11.4. The van der Waals surface area contributed by atoms with Gasteiger partial charge in [0, 0.05) is 5.92 Å². The molecule has 1 heterocycles. The van der Waals surface area contributed by atoms with Crippen LogP contribution in [0.5, 0.6) is 0 Å². The third-order valence-corrected chi connectivity index (χ3v) is 6.54. The van der Waals surface area contributed by atoms with Crippen molar-refractivity contribution in [3.8, 4) is 0 Å². The third kappa shape index (κ3) is 1.49. The van der Waals surface area contributed by atoms with Crippen LogP contribution in [0, 0.1) is 5.92 Å². The van der Waals surface area contributed by atoms with Crippen LogP contribution in [0.1, 0.15) is 25.7 Å². The van der Waals surface area contributed by atoms with Crippen LogP contribution < -0.4 is 4.72 Å². The average Bonchev–Trinajstić information content (AvgIpc) is 2.94. The van der Waals surface area contributed by atoms with E-state index < -0.39 is 10.0 Å². The predicted octanol–water partition coefficient (Wildman–Crippen LogP) is 1.68. The lowest BCUT2D eigenvalue weighted by Crippen LogP contribution is -2.58. The fraction of sp³-hybridized carbons (Fsp3) is 0.571. The van der Waals surface area contributed by atoms with Gasteiger partial charge in [-0.3, -0.25) is 0 Å². The minimum atomic E-state index is -3.44. The van der Waals surface area contributed by atoms with Gasteiger partial charge in [0.05, 0.1) is 22.6 Å². The van der Waals surface area contributed by atoms with Gasteiger partial charge >= 0.3 is 0 Å². The molecule has 1 saturated heterocycles. The van der Waals surface area contributed by atoms with Crippen LogP contribution in [0.2, 0.25) is 0 Å². The highest BCUT2D eigenvalue weighted by Crippen LogP contribution is 2.65. The molecule has 1 N–H and O–H groups in total. The molecule has 2 atom stereocenters. The van der Waals surface area contributed by atoms with Crippen LogP contribution >= 0.6 is 0 Å². The Morgan fingerprint density at radius 1 is 1.21 bits per heavy atom. The van der Waals surface area contributed by atoms with Crippen molar-refractivity contribution in [1.82, 2.24) is 4.72 Å². The first-order valence-corrected chi connectivity index (χ1v) is 8.29. The maximum Gasteiger partial charge on any atom is 0.241 e. The smallest absolute Gasteiger partial charge is 0.241 e. The lowest BCUT2D eigenvalue weighted by molar-refractivity contribution is -0.0917. The van der Waals surface area contributed by atoms with E-state index in [1.54, 1.807) is 24.3 Å². The van der Waals surface area contributed by atoms with Crippen LogP contribution in [0.4, 0.5) is 0 Å². The molecule has 3 aliphatic rings. The predicted molar refractivity (Wildman–Crippen MR) is 70.1 cm³/mol. The van der Waals surface area contributed by atoms with E-state index in [4.69, 9.17) is 4.74 Å². The first-order valence-electron chi connectivity index (χ1n) is 6.81. The van der Waals surface area contributed by atoms with Gasteiger partial charge in [0.25, 0.3) is 0 Å². The van der Waals surface area contributed by atoms with Gasteiger partial charge in [-0.15, -0.1) is 0 Å². The normalized spacial score (nSPS) is 34.8. The molecular weight excluding hydrogens is 262 g/mol. The second-order valence-corrected chi connectivity index (χ2v) is 7.63. The molecule has 5 heteroatoms. The number of hydrogen-bond donors (Lipinski definition) is 1. The van der Waals surface area contributed by atoms with Gasteiger partial charge in [-0.05, 0) is 37.8 Å². The summed E-state index contributed by atoms with van der Waals surface area (Å²) < 4.78 is 33.8. The fourth-order valence-corrected chi connectivity index (χ4v) is 5.23. The summed E-state index contributed by atoms with van der Waals surface area (Å²) in [6.45, 7) is 0.706. The molecule has 0 aromatic heterocycles. The number of rotatable bonds is 3. The van der Waals surface area contributed by atoms with E-state index >= 15 is 0 Å². The molecule has 1 aliphatic heterocycles. The van der Waals surface area contributed by atoms with Crippen LogP contribution in [-0.2, 0) is 14.8 Å². The van der Waals surface area contributed by atoms with Crippen molar-refractivity contribution in [3.63, 3.8) is 0 Å². The summed E-state index contributed by atoms with van der Waals surface area (Å²) in [6.07, 6.45) is 4.04. The Bertz CT molecular complexity index is 609. The van der Waals surface area contributed by atoms with Crippen molar-refractivity contribution < 1.29 is 13.2 Å². The van der Waals surface area contributed by atoms with E-state index in [9.17, 15) is 8.42 Å². The minimum absolute atomic E-state index is 0.209. The summed E-state index contributed by atoms with van der Waals surface area (Å²) in [4.78, 5) is 0.344. The Kier molecular flexibility index (Phi) is 2.25. The molecule has 2 aliphatic carbocycles. The first kappa shape index (κ1) is 11.9. The molecule has 3 fully saturated rings. The second kappa shape index (κ2) is 3.59. The van der Waals surface area contributed by atoms with Crippen LogP contribution in [0.25, 0.3) is 0 Å². The van der Waals surface area contributed by atoms with Crippen molar-refractivity contribution in [3.05, 3.63) is 30.3 Å². The highest BCUT2D eigenvalue weighted by atomic mass is 32.2. The molecule has 1 aromatic carbocycles. The lowest BCUT2D eigenvalue weighted by Gasteiger charge is -2.45. The third-order valence-electron chi connectivity index (χ3n) is 5.01. The molecule has 0 radical (unpaired) electrons. The van der Waals surface area contributed by atoms with E-state index in [0.717, 1.165) is 25.7 Å². The van der Waals surface area contributed by atoms with E-state index in [1.165, 1.54) is 0 Å². The van der Waals surface area contributed by atoms with Gasteiger partial charge < -0.3 is 4.74 Å². The average molecular weight is 279 g/mol. The molecule has 4 rings (SSSR count). The molecule has 2 saturated carbocycles. The van der Waals surface area contributed by atoms with Gasteiger partial charge in [0.15, 0.2) is 0 Å². The van der Waals surface area contributed by atoms with Gasteiger partial charge in [0.1, 0.15) is 0 Å². The van der Waals surface area contributed by atoms with Gasteiger partial charge in [-0.25, -0.2) is 13.1 Å². The Morgan fingerprint density at radius 3 is 2.53 bits per heavy atom. The number of sulfonamides is 1. The molecule has 0 bridgehead atoms. The van der Waals surface area contributed by atoms with Crippen molar-refractivity contribution in [1.29, 1.82) is 0 Å². The summed E-state index contributed by atoms with van der Waals surface area (Å²) in [5.74, 6) is 0.367. The lowest BCUT2D eigenvalue weighted by atomic mass is 9.73. The summed E-state index contributed by atoms with van der Waals surface area (Å²) in [5.41, 5.74) is -0.528.